The second-order valence-electron chi connectivity index (χ2n) is 6.89. The first-order valence-electron chi connectivity index (χ1n) is 8.78. The summed E-state index contributed by atoms with van der Waals surface area (Å²) in [5.74, 6) is 0.816. The zero-order valence-corrected chi connectivity index (χ0v) is 16.1. The Labute approximate surface area is 164 Å². The van der Waals surface area contributed by atoms with Crippen LogP contribution in [0.2, 0.25) is 10.0 Å². The Kier molecular flexibility index (Phi) is 6.43. The van der Waals surface area contributed by atoms with Gasteiger partial charge in [0.25, 0.3) is 0 Å². The summed E-state index contributed by atoms with van der Waals surface area (Å²) in [6, 6.07) is 13.6. The molecule has 0 atom stereocenters. The molecule has 1 saturated heterocycles. The molecular weight excluding hydrogens is 371 g/mol. The zero-order chi connectivity index (χ0) is 18.6. The summed E-state index contributed by atoms with van der Waals surface area (Å²) in [4.78, 5) is 2.34. The third kappa shape index (κ3) is 5.12. The Morgan fingerprint density at radius 1 is 1.00 bits per heavy atom. The maximum Gasteiger partial charge on any atom is 0.119 e. The van der Waals surface area contributed by atoms with Crippen molar-refractivity contribution < 1.29 is 9.84 Å². The molecule has 1 aliphatic rings. The molecule has 4 nitrogen and oxygen atoms in total. The van der Waals surface area contributed by atoms with E-state index in [4.69, 9.17) is 33.7 Å². The predicted molar refractivity (Wildman–Crippen MR) is 106 cm³/mol. The number of hydrogen-bond acceptors (Lipinski definition) is 4. The van der Waals surface area contributed by atoms with Gasteiger partial charge >= 0.3 is 0 Å². The van der Waals surface area contributed by atoms with Gasteiger partial charge in [0, 0.05) is 26.2 Å². The Morgan fingerprint density at radius 3 is 2.27 bits per heavy atom. The van der Waals surface area contributed by atoms with Crippen LogP contribution in [-0.2, 0) is 13.2 Å². The number of likely N-dealkylation sites (tertiary alicyclic amines) is 1. The van der Waals surface area contributed by atoms with Crippen molar-refractivity contribution in [2.24, 2.45) is 5.73 Å². The Balaban J connectivity index is 1.50. The molecule has 1 aliphatic heterocycles. The van der Waals surface area contributed by atoms with Gasteiger partial charge in [-0.3, -0.25) is 4.90 Å². The third-order valence-corrected chi connectivity index (χ3v) is 5.62. The maximum absolute atomic E-state index is 10.2. The molecule has 3 N–H and O–H groups in total. The van der Waals surface area contributed by atoms with Gasteiger partial charge in [-0.15, -0.1) is 0 Å². The van der Waals surface area contributed by atoms with Gasteiger partial charge < -0.3 is 15.6 Å². The number of nitrogens with zero attached hydrogens (tertiary/aromatic N) is 1. The van der Waals surface area contributed by atoms with Gasteiger partial charge in [0.15, 0.2) is 0 Å². The van der Waals surface area contributed by atoms with Gasteiger partial charge in [-0.05, 0) is 48.2 Å². The lowest BCUT2D eigenvalue weighted by Crippen LogP contribution is -2.48. The van der Waals surface area contributed by atoms with Crippen molar-refractivity contribution >= 4 is 23.2 Å². The van der Waals surface area contributed by atoms with E-state index in [2.05, 4.69) is 17.0 Å². The van der Waals surface area contributed by atoms with Gasteiger partial charge in [0.1, 0.15) is 12.4 Å². The first-order valence-corrected chi connectivity index (χ1v) is 9.53. The number of rotatable bonds is 6. The predicted octanol–water partition coefficient (Wildman–Crippen LogP) is 3.86. The van der Waals surface area contributed by atoms with Crippen molar-refractivity contribution in [3.8, 4) is 5.75 Å². The van der Waals surface area contributed by atoms with Crippen LogP contribution in [0.5, 0.6) is 5.75 Å². The maximum atomic E-state index is 10.2. The van der Waals surface area contributed by atoms with Crippen molar-refractivity contribution in [3.63, 3.8) is 0 Å². The molecule has 140 valence electrons. The fourth-order valence-corrected chi connectivity index (χ4v) is 3.40. The van der Waals surface area contributed by atoms with E-state index in [0.29, 0.717) is 23.2 Å². The van der Waals surface area contributed by atoms with Crippen LogP contribution < -0.4 is 10.5 Å². The minimum atomic E-state index is -0.682. The summed E-state index contributed by atoms with van der Waals surface area (Å²) in [7, 11) is 0. The summed E-state index contributed by atoms with van der Waals surface area (Å²) < 4.78 is 5.81. The smallest absolute Gasteiger partial charge is 0.119 e. The van der Waals surface area contributed by atoms with Crippen LogP contribution in [0.3, 0.4) is 0 Å². The van der Waals surface area contributed by atoms with Crippen molar-refractivity contribution in [1.82, 2.24) is 4.90 Å². The summed E-state index contributed by atoms with van der Waals surface area (Å²) in [5.41, 5.74) is 7.16. The van der Waals surface area contributed by atoms with Crippen LogP contribution >= 0.6 is 23.2 Å². The minimum Gasteiger partial charge on any atom is -0.489 e. The molecule has 26 heavy (non-hydrogen) atoms. The third-order valence-electron chi connectivity index (χ3n) is 4.89. The quantitative estimate of drug-likeness (QED) is 0.780. The van der Waals surface area contributed by atoms with Crippen LogP contribution in [0.4, 0.5) is 0 Å². The average Bonchev–Trinajstić information content (AvgIpc) is 2.66. The Morgan fingerprint density at radius 2 is 1.65 bits per heavy atom. The lowest BCUT2D eigenvalue weighted by atomic mass is 9.91. The Hall–Kier alpha value is -1.30. The monoisotopic (exact) mass is 394 g/mol. The van der Waals surface area contributed by atoms with Crippen LogP contribution in [0.1, 0.15) is 24.0 Å². The molecular formula is C20H24Cl2N2O2. The summed E-state index contributed by atoms with van der Waals surface area (Å²) in [6.07, 6.45) is 1.46. The highest BCUT2D eigenvalue weighted by atomic mass is 35.5. The van der Waals surface area contributed by atoms with Gasteiger partial charge in [0.2, 0.25) is 0 Å². The molecule has 1 fully saturated rings. The lowest BCUT2D eigenvalue weighted by molar-refractivity contribution is -0.0153. The number of aliphatic hydroxyl groups is 1. The number of piperidine rings is 1. The van der Waals surface area contributed by atoms with E-state index in [0.717, 1.165) is 43.8 Å². The molecule has 0 aromatic heterocycles. The van der Waals surface area contributed by atoms with Crippen LogP contribution in [0, 0.1) is 0 Å². The van der Waals surface area contributed by atoms with Crippen molar-refractivity contribution in [3.05, 3.63) is 63.6 Å². The standard InChI is InChI=1S/C20H24Cl2N2O2/c21-18-6-3-16(11-19(18)22)13-26-17-4-1-15(2-5-17)12-24-9-7-20(25,14-23)8-10-24/h1-6,11,25H,7-10,12-14,23H2. The zero-order valence-electron chi connectivity index (χ0n) is 14.6. The number of halogens is 2. The topological polar surface area (TPSA) is 58.7 Å². The van der Waals surface area contributed by atoms with E-state index in [1.807, 2.05) is 24.3 Å². The highest BCUT2D eigenvalue weighted by Gasteiger charge is 2.30. The normalized spacial score (nSPS) is 17.2. The number of nitrogens with two attached hydrogens (primary N) is 1. The highest BCUT2D eigenvalue weighted by molar-refractivity contribution is 6.42. The molecule has 6 heteroatoms. The van der Waals surface area contributed by atoms with E-state index in [-0.39, 0.29) is 0 Å². The van der Waals surface area contributed by atoms with E-state index in [1.54, 1.807) is 6.07 Å². The number of hydrogen-bond donors (Lipinski definition) is 2. The number of benzene rings is 2. The number of ether oxygens (including phenoxy) is 1. The minimum absolute atomic E-state index is 0.339. The van der Waals surface area contributed by atoms with Crippen molar-refractivity contribution in [2.45, 2.75) is 31.6 Å². The second-order valence-corrected chi connectivity index (χ2v) is 7.70. The summed E-state index contributed by atoms with van der Waals surface area (Å²) in [5, 5.41) is 11.3. The Bertz CT molecular complexity index is 729. The lowest BCUT2D eigenvalue weighted by Gasteiger charge is -2.37. The molecule has 0 aliphatic carbocycles. The molecule has 2 aromatic carbocycles. The van der Waals surface area contributed by atoms with Crippen LogP contribution in [0.25, 0.3) is 0 Å². The van der Waals surface area contributed by atoms with E-state index in [9.17, 15) is 5.11 Å². The molecule has 0 saturated carbocycles. The molecule has 0 radical (unpaired) electrons. The van der Waals surface area contributed by atoms with E-state index >= 15 is 0 Å². The molecule has 2 aromatic rings. The van der Waals surface area contributed by atoms with Gasteiger partial charge in [0.05, 0.1) is 15.6 Å². The first-order chi connectivity index (χ1) is 12.5. The van der Waals surface area contributed by atoms with E-state index < -0.39 is 5.60 Å². The van der Waals surface area contributed by atoms with Crippen molar-refractivity contribution in [1.29, 1.82) is 0 Å². The van der Waals surface area contributed by atoms with Crippen molar-refractivity contribution in [2.75, 3.05) is 19.6 Å². The SMILES string of the molecule is NCC1(O)CCN(Cc2ccc(OCc3ccc(Cl)c(Cl)c3)cc2)CC1. The largest absolute Gasteiger partial charge is 0.489 e. The molecule has 0 unspecified atom stereocenters. The molecule has 0 amide bonds. The fourth-order valence-electron chi connectivity index (χ4n) is 3.08. The van der Waals surface area contributed by atoms with Crippen LogP contribution in [0.15, 0.2) is 42.5 Å². The highest BCUT2D eigenvalue weighted by Crippen LogP contribution is 2.25. The summed E-state index contributed by atoms with van der Waals surface area (Å²) in [6.45, 7) is 3.38. The first kappa shape index (κ1) is 19.5. The second kappa shape index (κ2) is 8.59. The average molecular weight is 395 g/mol. The van der Waals surface area contributed by atoms with Gasteiger partial charge in [-0.25, -0.2) is 0 Å². The summed E-state index contributed by atoms with van der Waals surface area (Å²) >= 11 is 11.9. The van der Waals surface area contributed by atoms with Gasteiger partial charge in [-0.1, -0.05) is 41.4 Å². The van der Waals surface area contributed by atoms with Crippen LogP contribution in [-0.4, -0.2) is 35.2 Å². The molecule has 0 spiro atoms. The molecule has 1 heterocycles. The molecule has 3 rings (SSSR count). The molecule has 0 bridgehead atoms. The van der Waals surface area contributed by atoms with Gasteiger partial charge in [-0.2, -0.15) is 0 Å². The van der Waals surface area contributed by atoms with E-state index in [1.165, 1.54) is 5.56 Å². The fraction of sp³-hybridized carbons (Fsp3) is 0.400.